The quantitative estimate of drug-likeness (QED) is 0.0621. The lowest BCUT2D eigenvalue weighted by Gasteiger charge is -2.42. The van der Waals surface area contributed by atoms with Crippen LogP contribution in [0.5, 0.6) is 11.5 Å². The van der Waals surface area contributed by atoms with Crippen LogP contribution in [0.3, 0.4) is 0 Å². The van der Waals surface area contributed by atoms with Gasteiger partial charge in [0.25, 0.3) is 14.2 Å². The average Bonchev–Trinajstić information content (AvgIpc) is 4.00. The first-order chi connectivity index (χ1) is 36.9. The lowest BCUT2D eigenvalue weighted by atomic mass is 9.98. The van der Waals surface area contributed by atoms with Gasteiger partial charge in [0, 0.05) is 23.9 Å². The van der Waals surface area contributed by atoms with Crippen LogP contribution in [0.4, 0.5) is 21.0 Å². The summed E-state index contributed by atoms with van der Waals surface area (Å²) in [6.07, 6.45) is 0.834. The Balaban J connectivity index is 1.20. The molecule has 6 rings (SSSR count). The molecule has 5 amide bonds. The van der Waals surface area contributed by atoms with Crippen molar-refractivity contribution in [3.8, 4) is 22.6 Å². The van der Waals surface area contributed by atoms with E-state index in [0.717, 1.165) is 33.4 Å². The van der Waals surface area contributed by atoms with Crippen LogP contribution in [0, 0.1) is 5.92 Å². The number of nitrogens with zero attached hydrogens (tertiary/aromatic N) is 1. The van der Waals surface area contributed by atoms with E-state index < -0.39 is 64.4 Å². The minimum absolute atomic E-state index is 0.0935. The van der Waals surface area contributed by atoms with Crippen molar-refractivity contribution in [1.29, 1.82) is 0 Å². The summed E-state index contributed by atoms with van der Waals surface area (Å²) in [7, 11) is -3.29. The highest BCUT2D eigenvalue weighted by Crippen LogP contribution is 2.48. The van der Waals surface area contributed by atoms with Crippen LogP contribution in [-0.2, 0) is 23.5 Å². The number of carbonyl (C=O) groups is 5. The summed E-state index contributed by atoms with van der Waals surface area (Å²) in [6, 6.07) is 24.4. The van der Waals surface area contributed by atoms with Crippen LogP contribution < -0.4 is 30.4 Å². The molecular weight excluding hydrogens is 1030 g/mol. The van der Waals surface area contributed by atoms with Crippen LogP contribution in [0.15, 0.2) is 91.1 Å². The van der Waals surface area contributed by atoms with Gasteiger partial charge >= 0.3 is 12.2 Å². The van der Waals surface area contributed by atoms with Crippen LogP contribution in [-0.4, -0.2) is 95.5 Å². The molecule has 0 saturated carbocycles. The van der Waals surface area contributed by atoms with Crippen molar-refractivity contribution in [2.45, 2.75) is 175 Å². The van der Waals surface area contributed by atoms with E-state index in [1.807, 2.05) is 68.6 Å². The fourth-order valence-electron chi connectivity index (χ4n) is 10.6. The molecule has 0 aromatic heterocycles. The predicted octanol–water partition coefficient (Wildman–Crippen LogP) is 13.9. The Labute approximate surface area is 471 Å². The van der Waals surface area contributed by atoms with Crippen LogP contribution in [0.25, 0.3) is 16.7 Å². The zero-order chi connectivity index (χ0) is 58.5. The van der Waals surface area contributed by atoms with Crippen molar-refractivity contribution in [3.05, 3.63) is 113 Å². The van der Waals surface area contributed by atoms with Crippen molar-refractivity contribution < 1.29 is 47.0 Å². The minimum atomic E-state index is -2.55. The summed E-state index contributed by atoms with van der Waals surface area (Å²) in [5.74, 6) is -1.02. The Morgan fingerprint density at radius 1 is 0.684 bits per heavy atom. The lowest BCUT2D eigenvalue weighted by molar-refractivity contribution is -0.128. The maximum atomic E-state index is 15.3. The molecule has 3 atom stereocenters. The van der Waals surface area contributed by atoms with Gasteiger partial charge in [-0.1, -0.05) is 137 Å². The van der Waals surface area contributed by atoms with Crippen molar-refractivity contribution in [1.82, 2.24) is 15.5 Å². The number of methoxy groups -OCH3 is 1. The van der Waals surface area contributed by atoms with Gasteiger partial charge in [0.15, 0.2) is 14.1 Å². The van der Waals surface area contributed by atoms with Gasteiger partial charge in [-0.05, 0) is 126 Å². The number of anilines is 2. The molecule has 1 aliphatic carbocycles. The fourth-order valence-corrected chi connectivity index (χ4v) is 16.9. The Bertz CT molecular complexity index is 2820. The molecule has 0 radical (unpaired) electrons. The van der Waals surface area contributed by atoms with Gasteiger partial charge in [0.05, 0.1) is 31.0 Å². The summed E-state index contributed by atoms with van der Waals surface area (Å²) in [4.78, 5) is 71.0. The van der Waals surface area contributed by atoms with Crippen molar-refractivity contribution in [3.63, 3.8) is 0 Å². The largest absolute Gasteiger partial charge is 0.540 e. The normalized spacial score (nSPS) is 15.5. The number of rotatable bonds is 20. The number of alkyl carbamates (subject to hydrolysis) is 1. The summed E-state index contributed by atoms with van der Waals surface area (Å²) in [5.41, 5.74) is 6.82. The van der Waals surface area contributed by atoms with E-state index in [1.54, 1.807) is 64.0 Å². The maximum Gasteiger partial charge on any atom is 0.412 e. The fraction of sp³-hybridized carbons (Fsp3) is 0.500. The van der Waals surface area contributed by atoms with Gasteiger partial charge in [-0.2, -0.15) is 0 Å². The highest BCUT2D eigenvalue weighted by molar-refractivity contribution is 6.78. The second-order valence-electron chi connectivity index (χ2n) is 24.9. The number of benzene rings is 4. The first-order valence-corrected chi connectivity index (χ1v) is 32.8. The Morgan fingerprint density at radius 2 is 1.25 bits per heavy atom. The molecule has 0 spiro atoms. The second kappa shape index (κ2) is 24.9. The number of amides is 5. The molecule has 2 aliphatic rings. The molecule has 4 aromatic rings. The average molecular weight is 1120 g/mol. The van der Waals surface area contributed by atoms with Gasteiger partial charge in [0.1, 0.15) is 30.0 Å². The highest BCUT2D eigenvalue weighted by Gasteiger charge is 2.48. The van der Waals surface area contributed by atoms with E-state index in [0.29, 0.717) is 23.6 Å². The number of carbonyl (C=O) groups excluding carboxylic acids is 5. The third-order valence-corrected chi connectivity index (χ3v) is 26.3. The number of hydrogen-bond acceptors (Lipinski definition) is 10. The van der Waals surface area contributed by atoms with Crippen LogP contribution in [0.1, 0.15) is 143 Å². The van der Waals surface area contributed by atoms with Gasteiger partial charge in [0.2, 0.25) is 11.8 Å². The van der Waals surface area contributed by atoms with E-state index in [9.17, 15) is 19.2 Å². The second-order valence-corrected chi connectivity index (χ2v) is 35.1. The molecule has 1 heterocycles. The van der Waals surface area contributed by atoms with E-state index in [2.05, 4.69) is 109 Å². The molecule has 0 saturated heterocycles. The summed E-state index contributed by atoms with van der Waals surface area (Å²) in [5, 5.41) is 11.2. The Morgan fingerprint density at radius 3 is 1.77 bits per heavy atom. The number of nitrogens with one attached hydrogen (secondary N) is 4. The smallest absolute Gasteiger partial charge is 0.412 e. The minimum Gasteiger partial charge on any atom is -0.540 e. The zero-order valence-electron chi connectivity index (χ0n) is 49.9. The summed E-state index contributed by atoms with van der Waals surface area (Å²) >= 11 is 0. The third-order valence-electron chi connectivity index (χ3n) is 15.8. The Hall–Kier alpha value is -6.44. The SMILES string of the molecule is COc1cc(C(=O)N2C=C(c3ccc(NC(=O)[C@H](C)NC(=O)[C@@H](NC(=O)OCC4c5ccccc5-c5ccccc54)C(C)C)cc3)C[C@H]2CO[Si](C)(C)C(C)(C)C)c(NC(=O)OC(C)(C)C)cc1O[Si](C(C)C)(C(C)C)C(C)C. The van der Waals surface area contributed by atoms with E-state index in [4.69, 9.17) is 23.1 Å². The summed E-state index contributed by atoms with van der Waals surface area (Å²) in [6.45, 7) is 34.9. The standard InChI is InChI=1S/C62H87N5O10Si2/c1-37(2)55(66-59(71)74-36-51-48-25-21-19-23-46(48)47-24-20-22-26-49(47)51)57(69)63-41(9)56(68)64-44-29-27-42(28-30-44)43-31-45(35-75-78(17,18)62(13,14)15)67(34-43)58(70)50-32-53(73-16)54(33-52(50)65-60(72)76-61(10,11)12)77-79(38(3)4,39(5)6)40(7)8/h19-30,32-34,37-41,45,51,55H,31,35-36H2,1-18H3,(H,63,69)(H,64,68)(H,65,72)(H,66,71)/t41-,45-,55-/m0/s1. The van der Waals surface area contributed by atoms with Gasteiger partial charge in [-0.15, -0.1) is 0 Å². The van der Waals surface area contributed by atoms with Gasteiger partial charge < -0.3 is 43.9 Å². The van der Waals surface area contributed by atoms with E-state index >= 15 is 4.79 Å². The first kappa shape index (κ1) is 61.8. The molecular formula is C62H87N5O10Si2. The molecule has 4 aromatic carbocycles. The molecule has 428 valence electrons. The molecule has 0 fully saturated rings. The molecule has 79 heavy (non-hydrogen) atoms. The van der Waals surface area contributed by atoms with Crippen LogP contribution >= 0.6 is 0 Å². The molecule has 0 unspecified atom stereocenters. The van der Waals surface area contributed by atoms with Crippen molar-refractivity contribution in [2.24, 2.45) is 5.92 Å². The van der Waals surface area contributed by atoms with Crippen LogP contribution in [0.2, 0.25) is 34.8 Å². The van der Waals surface area contributed by atoms with E-state index in [1.165, 1.54) is 0 Å². The molecule has 1 aliphatic heterocycles. The molecule has 17 heteroatoms. The van der Waals surface area contributed by atoms with Crippen molar-refractivity contribution in [2.75, 3.05) is 31.0 Å². The van der Waals surface area contributed by atoms with Gasteiger partial charge in [-0.25, -0.2) is 9.59 Å². The Kier molecular flexibility index (Phi) is 19.5. The molecule has 15 nitrogen and oxygen atoms in total. The number of fused-ring (bicyclic) bond motifs is 3. The molecule has 4 N–H and O–H groups in total. The van der Waals surface area contributed by atoms with Crippen molar-refractivity contribution >= 4 is 63.5 Å². The lowest BCUT2D eigenvalue weighted by Crippen LogP contribution is -2.53. The number of hydrogen-bond donors (Lipinski definition) is 4. The van der Waals surface area contributed by atoms with Gasteiger partial charge in [-0.3, -0.25) is 19.7 Å². The molecule has 0 bridgehead atoms. The number of ether oxygens (including phenoxy) is 3. The van der Waals surface area contributed by atoms with E-state index in [-0.39, 0.29) is 63.9 Å². The predicted molar refractivity (Wildman–Crippen MR) is 320 cm³/mol. The summed E-state index contributed by atoms with van der Waals surface area (Å²) < 4.78 is 31.4. The third kappa shape index (κ3) is 14.3. The topological polar surface area (TPSA) is 183 Å². The monoisotopic (exact) mass is 1120 g/mol. The highest BCUT2D eigenvalue weighted by atomic mass is 28.4. The zero-order valence-corrected chi connectivity index (χ0v) is 51.9. The maximum absolute atomic E-state index is 15.3. The first-order valence-electron chi connectivity index (χ1n) is 27.8.